The molecule has 0 saturated heterocycles. The monoisotopic (exact) mass is 205 g/mol. The summed E-state index contributed by atoms with van der Waals surface area (Å²) in [5.74, 6) is -0.235. The Kier molecular flexibility index (Phi) is 3.02. The number of benzene rings is 1. The zero-order valence-corrected chi connectivity index (χ0v) is 8.61. The van der Waals surface area contributed by atoms with Crippen molar-refractivity contribution in [2.45, 2.75) is 31.9 Å². The second kappa shape index (κ2) is 4.45. The SMILES string of the molecule is NCc1ccccc1C(=O)OC1CCC1. The molecular formula is C12H15NO2. The highest BCUT2D eigenvalue weighted by Crippen LogP contribution is 2.23. The molecule has 0 aromatic heterocycles. The normalized spacial score (nSPS) is 15.8. The fourth-order valence-electron chi connectivity index (χ4n) is 1.60. The molecule has 0 amide bonds. The molecule has 1 fully saturated rings. The van der Waals surface area contributed by atoms with Gasteiger partial charge in [-0.2, -0.15) is 0 Å². The van der Waals surface area contributed by atoms with E-state index >= 15 is 0 Å². The lowest BCUT2D eigenvalue weighted by Crippen LogP contribution is -2.25. The van der Waals surface area contributed by atoms with Crippen LogP contribution in [0.2, 0.25) is 0 Å². The molecule has 0 spiro atoms. The van der Waals surface area contributed by atoms with Crippen LogP contribution in [0.4, 0.5) is 0 Å². The van der Waals surface area contributed by atoms with Crippen LogP contribution in [0.15, 0.2) is 24.3 Å². The molecule has 1 aromatic carbocycles. The van der Waals surface area contributed by atoms with Gasteiger partial charge in [0.05, 0.1) is 5.56 Å². The fraction of sp³-hybridized carbons (Fsp3) is 0.417. The van der Waals surface area contributed by atoms with Gasteiger partial charge in [0, 0.05) is 6.54 Å². The largest absolute Gasteiger partial charge is 0.459 e. The van der Waals surface area contributed by atoms with E-state index in [0.717, 1.165) is 24.8 Å². The molecule has 1 aromatic rings. The second-order valence-corrected chi connectivity index (χ2v) is 3.82. The topological polar surface area (TPSA) is 52.3 Å². The average Bonchev–Trinajstić information content (AvgIpc) is 2.23. The summed E-state index contributed by atoms with van der Waals surface area (Å²) in [6.45, 7) is 0.371. The molecule has 80 valence electrons. The summed E-state index contributed by atoms with van der Waals surface area (Å²) < 4.78 is 5.32. The summed E-state index contributed by atoms with van der Waals surface area (Å²) in [5.41, 5.74) is 7.01. The van der Waals surface area contributed by atoms with E-state index in [4.69, 9.17) is 10.5 Å². The number of carbonyl (C=O) groups is 1. The van der Waals surface area contributed by atoms with Crippen molar-refractivity contribution in [1.29, 1.82) is 0 Å². The van der Waals surface area contributed by atoms with Gasteiger partial charge < -0.3 is 10.5 Å². The third-order valence-corrected chi connectivity index (χ3v) is 2.78. The van der Waals surface area contributed by atoms with E-state index in [-0.39, 0.29) is 12.1 Å². The highest BCUT2D eigenvalue weighted by Gasteiger charge is 2.23. The minimum absolute atomic E-state index is 0.128. The minimum atomic E-state index is -0.235. The number of nitrogens with two attached hydrogens (primary N) is 1. The summed E-state index contributed by atoms with van der Waals surface area (Å²) in [5, 5.41) is 0. The maximum Gasteiger partial charge on any atom is 0.338 e. The number of hydrogen-bond donors (Lipinski definition) is 1. The van der Waals surface area contributed by atoms with Crippen molar-refractivity contribution < 1.29 is 9.53 Å². The van der Waals surface area contributed by atoms with Gasteiger partial charge in [-0.3, -0.25) is 0 Å². The molecule has 1 aliphatic carbocycles. The van der Waals surface area contributed by atoms with Gasteiger partial charge in [0.15, 0.2) is 0 Å². The zero-order chi connectivity index (χ0) is 10.7. The summed E-state index contributed by atoms with van der Waals surface area (Å²) in [4.78, 5) is 11.7. The van der Waals surface area contributed by atoms with Gasteiger partial charge in [-0.05, 0) is 30.9 Å². The first-order chi connectivity index (χ1) is 7.31. The van der Waals surface area contributed by atoms with Crippen molar-refractivity contribution >= 4 is 5.97 Å². The highest BCUT2D eigenvalue weighted by molar-refractivity contribution is 5.91. The van der Waals surface area contributed by atoms with Crippen molar-refractivity contribution in [3.63, 3.8) is 0 Å². The molecule has 3 heteroatoms. The van der Waals surface area contributed by atoms with E-state index in [1.807, 2.05) is 18.2 Å². The van der Waals surface area contributed by atoms with Gasteiger partial charge in [0.2, 0.25) is 0 Å². The maximum absolute atomic E-state index is 11.7. The van der Waals surface area contributed by atoms with Crippen LogP contribution < -0.4 is 5.73 Å². The van der Waals surface area contributed by atoms with Crippen molar-refractivity contribution in [2.75, 3.05) is 0 Å². The molecule has 3 nitrogen and oxygen atoms in total. The Hall–Kier alpha value is -1.35. The Labute approximate surface area is 89.2 Å². The smallest absolute Gasteiger partial charge is 0.338 e. The van der Waals surface area contributed by atoms with Gasteiger partial charge in [-0.1, -0.05) is 18.2 Å². The molecule has 0 aliphatic heterocycles. The van der Waals surface area contributed by atoms with Crippen LogP contribution in [0.5, 0.6) is 0 Å². The second-order valence-electron chi connectivity index (χ2n) is 3.82. The number of carbonyl (C=O) groups excluding carboxylic acids is 1. The first-order valence-electron chi connectivity index (χ1n) is 5.30. The van der Waals surface area contributed by atoms with Gasteiger partial charge >= 0.3 is 5.97 Å². The third kappa shape index (κ3) is 2.18. The summed E-state index contributed by atoms with van der Waals surface area (Å²) in [7, 11) is 0. The maximum atomic E-state index is 11.7. The van der Waals surface area contributed by atoms with E-state index in [9.17, 15) is 4.79 Å². The Balaban J connectivity index is 2.09. The van der Waals surface area contributed by atoms with Gasteiger partial charge in [0.25, 0.3) is 0 Å². The lowest BCUT2D eigenvalue weighted by atomic mass is 9.96. The Morgan fingerprint density at radius 3 is 2.73 bits per heavy atom. The molecule has 0 radical (unpaired) electrons. The molecule has 2 N–H and O–H groups in total. The number of hydrogen-bond acceptors (Lipinski definition) is 3. The van der Waals surface area contributed by atoms with Crippen LogP contribution in [0.1, 0.15) is 35.2 Å². The first kappa shape index (κ1) is 10.2. The van der Waals surface area contributed by atoms with Crippen LogP contribution in [0, 0.1) is 0 Å². The molecule has 0 atom stereocenters. The zero-order valence-electron chi connectivity index (χ0n) is 8.61. The average molecular weight is 205 g/mol. The van der Waals surface area contributed by atoms with Gasteiger partial charge in [0.1, 0.15) is 6.10 Å². The van der Waals surface area contributed by atoms with Crippen LogP contribution in [-0.4, -0.2) is 12.1 Å². The van der Waals surface area contributed by atoms with Gasteiger partial charge in [-0.25, -0.2) is 4.79 Å². The Morgan fingerprint density at radius 1 is 1.40 bits per heavy atom. The van der Waals surface area contributed by atoms with E-state index in [0.29, 0.717) is 12.1 Å². The van der Waals surface area contributed by atoms with E-state index < -0.39 is 0 Å². The van der Waals surface area contributed by atoms with E-state index in [2.05, 4.69) is 0 Å². The van der Waals surface area contributed by atoms with Crippen LogP contribution in [-0.2, 0) is 11.3 Å². The minimum Gasteiger partial charge on any atom is -0.459 e. The van der Waals surface area contributed by atoms with E-state index in [1.165, 1.54) is 0 Å². The summed E-state index contributed by atoms with van der Waals surface area (Å²) >= 11 is 0. The predicted molar refractivity (Wildman–Crippen MR) is 57.4 cm³/mol. The highest BCUT2D eigenvalue weighted by atomic mass is 16.5. The molecule has 0 unspecified atom stereocenters. The van der Waals surface area contributed by atoms with Crippen molar-refractivity contribution in [3.8, 4) is 0 Å². The molecule has 1 saturated carbocycles. The van der Waals surface area contributed by atoms with E-state index in [1.54, 1.807) is 6.07 Å². The lowest BCUT2D eigenvalue weighted by Gasteiger charge is -2.25. The third-order valence-electron chi connectivity index (χ3n) is 2.78. The molecule has 15 heavy (non-hydrogen) atoms. The van der Waals surface area contributed by atoms with Crippen molar-refractivity contribution in [3.05, 3.63) is 35.4 Å². The lowest BCUT2D eigenvalue weighted by molar-refractivity contribution is 0.00889. The molecule has 2 rings (SSSR count). The fourth-order valence-corrected chi connectivity index (χ4v) is 1.60. The van der Waals surface area contributed by atoms with Crippen LogP contribution in [0.3, 0.4) is 0 Å². The quantitative estimate of drug-likeness (QED) is 0.766. The Bertz CT molecular complexity index is 358. The summed E-state index contributed by atoms with van der Waals surface area (Å²) in [6.07, 6.45) is 3.28. The van der Waals surface area contributed by atoms with Crippen LogP contribution >= 0.6 is 0 Å². The molecule has 0 heterocycles. The molecular weight excluding hydrogens is 190 g/mol. The number of esters is 1. The van der Waals surface area contributed by atoms with Crippen molar-refractivity contribution in [1.82, 2.24) is 0 Å². The molecule has 1 aliphatic rings. The Morgan fingerprint density at radius 2 is 2.13 bits per heavy atom. The number of rotatable bonds is 3. The van der Waals surface area contributed by atoms with Crippen LogP contribution in [0.25, 0.3) is 0 Å². The standard InChI is InChI=1S/C12H15NO2/c13-8-9-4-1-2-7-11(9)12(14)15-10-5-3-6-10/h1-2,4,7,10H,3,5-6,8,13H2. The molecule has 0 bridgehead atoms. The van der Waals surface area contributed by atoms with Gasteiger partial charge in [-0.15, -0.1) is 0 Å². The predicted octanol–water partition coefficient (Wildman–Crippen LogP) is 1.85. The first-order valence-corrected chi connectivity index (χ1v) is 5.30. The number of ether oxygens (including phenoxy) is 1. The van der Waals surface area contributed by atoms with Crippen molar-refractivity contribution in [2.24, 2.45) is 5.73 Å². The summed E-state index contributed by atoms with van der Waals surface area (Å²) in [6, 6.07) is 7.33.